The molecule has 27 heavy (non-hydrogen) atoms. The summed E-state index contributed by atoms with van der Waals surface area (Å²) < 4.78 is 16.0. The Morgan fingerprint density at radius 1 is 0.778 bits per heavy atom. The van der Waals surface area contributed by atoms with Crippen molar-refractivity contribution in [1.82, 2.24) is 0 Å². The van der Waals surface area contributed by atoms with E-state index in [2.05, 4.69) is 0 Å². The van der Waals surface area contributed by atoms with Crippen LogP contribution in [0.3, 0.4) is 0 Å². The van der Waals surface area contributed by atoms with E-state index in [9.17, 15) is 4.79 Å². The maximum atomic E-state index is 12.0. The number of benzene rings is 2. The predicted octanol–water partition coefficient (Wildman–Crippen LogP) is 7.00. The van der Waals surface area contributed by atoms with E-state index in [0.29, 0.717) is 20.8 Å². The van der Waals surface area contributed by atoms with Crippen LogP contribution in [0.2, 0.25) is 30.1 Å². The van der Waals surface area contributed by atoms with Gasteiger partial charge in [0.15, 0.2) is 6.10 Å². The first-order chi connectivity index (χ1) is 12.7. The molecule has 0 aliphatic rings. The highest BCUT2D eigenvalue weighted by molar-refractivity contribution is 6.44. The van der Waals surface area contributed by atoms with E-state index in [4.69, 9.17) is 83.8 Å². The molecule has 0 aromatic heterocycles. The third-order valence-electron chi connectivity index (χ3n) is 3.17. The molecule has 146 valence electrons. The van der Waals surface area contributed by atoms with E-state index in [1.807, 2.05) is 0 Å². The molecule has 0 saturated heterocycles. The minimum atomic E-state index is -0.923. The molecule has 2 aromatic carbocycles. The van der Waals surface area contributed by atoms with Gasteiger partial charge in [-0.25, -0.2) is 4.79 Å². The molecule has 0 amide bonds. The number of halogens is 6. The molecular weight excluding hydrogens is 481 g/mol. The van der Waals surface area contributed by atoms with Crippen molar-refractivity contribution in [3.05, 3.63) is 54.4 Å². The van der Waals surface area contributed by atoms with E-state index in [0.717, 1.165) is 0 Å². The van der Waals surface area contributed by atoms with Crippen LogP contribution in [0, 0.1) is 0 Å². The highest BCUT2D eigenvalue weighted by Crippen LogP contribution is 2.35. The molecule has 0 bridgehead atoms. The summed E-state index contributed by atoms with van der Waals surface area (Å²) in [5, 5.41) is 1.66. The summed E-state index contributed by atoms with van der Waals surface area (Å²) in [6.45, 7) is 1.54. The molecule has 0 spiro atoms. The Balaban J connectivity index is 1.83. The van der Waals surface area contributed by atoms with Crippen molar-refractivity contribution >= 4 is 75.6 Å². The van der Waals surface area contributed by atoms with Gasteiger partial charge in [-0.2, -0.15) is 0 Å². The first kappa shape index (κ1) is 22.5. The van der Waals surface area contributed by atoms with E-state index in [-0.39, 0.29) is 34.0 Å². The Kier molecular flexibility index (Phi) is 8.47. The Morgan fingerprint density at radius 2 is 1.26 bits per heavy atom. The van der Waals surface area contributed by atoms with Crippen LogP contribution in [0.1, 0.15) is 6.92 Å². The SMILES string of the molecule is CC(Oc1cc(Cl)c(Cl)cc1Cl)C(=O)OCCOc1cc(Cl)c(Cl)cc1Cl. The average molecular weight is 493 g/mol. The molecule has 0 heterocycles. The lowest BCUT2D eigenvalue weighted by Gasteiger charge is -2.16. The van der Waals surface area contributed by atoms with E-state index >= 15 is 0 Å². The van der Waals surface area contributed by atoms with E-state index < -0.39 is 12.1 Å². The normalized spacial score (nSPS) is 11.8. The van der Waals surface area contributed by atoms with Crippen molar-refractivity contribution in [2.75, 3.05) is 13.2 Å². The van der Waals surface area contributed by atoms with Gasteiger partial charge in [0, 0.05) is 12.1 Å². The minimum Gasteiger partial charge on any atom is -0.488 e. The van der Waals surface area contributed by atoms with Crippen LogP contribution in [-0.4, -0.2) is 25.3 Å². The summed E-state index contributed by atoms with van der Waals surface area (Å²) in [6.07, 6.45) is -0.923. The maximum absolute atomic E-state index is 12.0. The number of hydrogen-bond donors (Lipinski definition) is 0. The second-order valence-electron chi connectivity index (χ2n) is 5.17. The minimum absolute atomic E-state index is 0.0295. The van der Waals surface area contributed by atoms with E-state index in [1.165, 1.54) is 31.2 Å². The Bertz CT molecular complexity index is 843. The second kappa shape index (κ2) is 10.1. The zero-order valence-electron chi connectivity index (χ0n) is 13.7. The standard InChI is InChI=1S/C17H12Cl6O4/c1-8(27-16-7-12(21)10(19)5-14(16)23)17(24)26-3-2-25-15-6-11(20)9(18)4-13(15)22/h4-8H,2-3H2,1H3. The summed E-state index contributed by atoms with van der Waals surface area (Å²) in [7, 11) is 0. The van der Waals surface area contributed by atoms with Gasteiger partial charge < -0.3 is 14.2 Å². The van der Waals surface area contributed by atoms with Gasteiger partial charge in [0.2, 0.25) is 0 Å². The third-order valence-corrected chi connectivity index (χ3v) is 5.21. The number of esters is 1. The lowest BCUT2D eigenvalue weighted by molar-refractivity contribution is -0.151. The Hall–Kier alpha value is -0.750. The van der Waals surface area contributed by atoms with Crippen LogP contribution in [0.5, 0.6) is 11.5 Å². The lowest BCUT2D eigenvalue weighted by Crippen LogP contribution is -2.27. The molecule has 0 aliphatic heterocycles. The lowest BCUT2D eigenvalue weighted by atomic mass is 10.3. The van der Waals surface area contributed by atoms with Crippen LogP contribution in [-0.2, 0) is 9.53 Å². The largest absolute Gasteiger partial charge is 0.488 e. The highest BCUT2D eigenvalue weighted by Gasteiger charge is 2.19. The number of carbonyl (C=O) groups excluding carboxylic acids is 1. The van der Waals surface area contributed by atoms with Crippen LogP contribution in [0.4, 0.5) is 0 Å². The smallest absolute Gasteiger partial charge is 0.347 e. The topological polar surface area (TPSA) is 44.8 Å². The molecule has 1 unspecified atom stereocenters. The van der Waals surface area contributed by atoms with Gasteiger partial charge in [0.25, 0.3) is 0 Å². The molecule has 0 aliphatic carbocycles. The highest BCUT2D eigenvalue weighted by atomic mass is 35.5. The van der Waals surface area contributed by atoms with Crippen molar-refractivity contribution in [2.24, 2.45) is 0 Å². The summed E-state index contributed by atoms with van der Waals surface area (Å²) in [5.41, 5.74) is 0. The van der Waals surface area contributed by atoms with Crippen LogP contribution >= 0.6 is 69.6 Å². The molecule has 2 rings (SSSR count). The molecule has 0 saturated carbocycles. The molecule has 0 fully saturated rings. The summed E-state index contributed by atoms with van der Waals surface area (Å²) in [4.78, 5) is 12.0. The Morgan fingerprint density at radius 3 is 1.85 bits per heavy atom. The van der Waals surface area contributed by atoms with Crippen molar-refractivity contribution in [2.45, 2.75) is 13.0 Å². The maximum Gasteiger partial charge on any atom is 0.347 e. The van der Waals surface area contributed by atoms with Crippen LogP contribution in [0.15, 0.2) is 24.3 Å². The van der Waals surface area contributed by atoms with Gasteiger partial charge in [0.1, 0.15) is 24.7 Å². The van der Waals surface area contributed by atoms with Crippen molar-refractivity contribution in [3.8, 4) is 11.5 Å². The fourth-order valence-corrected chi connectivity index (χ4v) is 3.03. The molecule has 0 N–H and O–H groups in total. The fraction of sp³-hybridized carbons (Fsp3) is 0.235. The number of hydrogen-bond acceptors (Lipinski definition) is 4. The molecule has 1 atom stereocenters. The number of carbonyl (C=O) groups is 1. The van der Waals surface area contributed by atoms with Crippen LogP contribution in [0.25, 0.3) is 0 Å². The summed E-state index contributed by atoms with van der Waals surface area (Å²) >= 11 is 35.5. The molecule has 4 nitrogen and oxygen atoms in total. The van der Waals surface area contributed by atoms with E-state index in [1.54, 1.807) is 0 Å². The average Bonchev–Trinajstić information content (AvgIpc) is 2.60. The van der Waals surface area contributed by atoms with Gasteiger partial charge in [-0.1, -0.05) is 69.6 Å². The van der Waals surface area contributed by atoms with Gasteiger partial charge in [-0.15, -0.1) is 0 Å². The molecule has 10 heteroatoms. The third kappa shape index (κ3) is 6.38. The number of ether oxygens (including phenoxy) is 3. The van der Waals surface area contributed by atoms with Crippen molar-refractivity contribution < 1.29 is 19.0 Å². The zero-order valence-corrected chi connectivity index (χ0v) is 18.2. The Labute approximate surface area is 186 Å². The van der Waals surface area contributed by atoms with Gasteiger partial charge in [0.05, 0.1) is 30.1 Å². The van der Waals surface area contributed by atoms with Crippen LogP contribution < -0.4 is 9.47 Å². The summed E-state index contributed by atoms with van der Waals surface area (Å²) in [6, 6.07) is 5.79. The number of rotatable bonds is 7. The van der Waals surface area contributed by atoms with Crippen molar-refractivity contribution in [3.63, 3.8) is 0 Å². The molecule has 0 radical (unpaired) electrons. The van der Waals surface area contributed by atoms with Gasteiger partial charge in [-0.05, 0) is 19.1 Å². The molecule has 2 aromatic rings. The quantitative estimate of drug-likeness (QED) is 0.237. The predicted molar refractivity (Wildman–Crippen MR) is 109 cm³/mol. The summed E-state index contributed by atoms with van der Waals surface area (Å²) in [5.74, 6) is -0.0654. The zero-order chi connectivity index (χ0) is 20.1. The first-order valence-corrected chi connectivity index (χ1v) is 9.71. The van der Waals surface area contributed by atoms with Crippen molar-refractivity contribution in [1.29, 1.82) is 0 Å². The second-order valence-corrected chi connectivity index (χ2v) is 7.61. The fourth-order valence-electron chi connectivity index (χ4n) is 1.86. The first-order valence-electron chi connectivity index (χ1n) is 7.44. The molecular formula is C17H12Cl6O4. The monoisotopic (exact) mass is 490 g/mol. The van der Waals surface area contributed by atoms with Gasteiger partial charge in [-0.3, -0.25) is 0 Å². The van der Waals surface area contributed by atoms with Gasteiger partial charge >= 0.3 is 5.97 Å².